The van der Waals surface area contributed by atoms with Crippen molar-refractivity contribution in [3.8, 4) is 22.5 Å². The van der Waals surface area contributed by atoms with Gasteiger partial charge in [-0.3, -0.25) is 0 Å². The molecule has 0 N–H and O–H groups in total. The number of hydrogen-bond acceptors (Lipinski definition) is 4. The average molecular weight is 641 g/mol. The molecule has 8 aromatic carbocycles. The molecule has 0 saturated carbocycles. The normalized spacial score (nSPS) is 12.4. The largest absolute Gasteiger partial charge is 0.456 e. The van der Waals surface area contributed by atoms with Crippen molar-refractivity contribution >= 4 is 98.3 Å². The highest BCUT2D eigenvalue weighted by atomic mass is 16.4. The van der Waals surface area contributed by atoms with Crippen LogP contribution in [0.15, 0.2) is 163 Å². The molecule has 0 unspecified atom stereocenters. The fraction of sp³-hybridized carbons (Fsp3) is 0. The van der Waals surface area contributed by atoms with E-state index in [4.69, 9.17) is 17.7 Å². The molecule has 232 valence electrons. The minimum absolute atomic E-state index is 0.818. The Morgan fingerprint density at radius 1 is 0.300 bits per heavy atom. The van der Waals surface area contributed by atoms with Gasteiger partial charge in [0.05, 0.1) is 10.8 Å². The maximum Gasteiger partial charge on any atom is 0.147 e. The molecule has 0 atom stereocenters. The van der Waals surface area contributed by atoms with Crippen molar-refractivity contribution in [1.82, 2.24) is 0 Å². The summed E-state index contributed by atoms with van der Waals surface area (Å²) in [5.41, 5.74) is 9.25. The molecule has 4 heteroatoms. The summed E-state index contributed by atoms with van der Waals surface area (Å²) in [6.07, 6.45) is 0. The predicted molar refractivity (Wildman–Crippen MR) is 204 cm³/mol. The molecule has 0 radical (unpaired) electrons. The summed E-state index contributed by atoms with van der Waals surface area (Å²) in [4.78, 5) is 0. The smallest absolute Gasteiger partial charge is 0.147 e. The molecular formula is C46H24O4. The first kappa shape index (κ1) is 26.2. The van der Waals surface area contributed by atoms with Crippen LogP contribution in [-0.2, 0) is 0 Å². The summed E-state index contributed by atoms with van der Waals surface area (Å²) in [6.45, 7) is 0. The summed E-state index contributed by atoms with van der Waals surface area (Å²) in [5.74, 6) is 0.833. The zero-order chi connectivity index (χ0) is 32.5. The van der Waals surface area contributed by atoms with Crippen molar-refractivity contribution in [3.63, 3.8) is 0 Å². The molecule has 0 spiro atoms. The van der Waals surface area contributed by atoms with Gasteiger partial charge in [-0.05, 0) is 87.3 Å². The standard InChI is InChI=1S/C46H24O4/c1-3-12-30-28(10-1)41(25-17-19-34-39(23-25)48-38-22-20-32-27-9-5-7-15-35(27)49-46(32)44(34)38)29-11-2-4-13-31(29)42(30)40-24-26-18-21-37-43(45(26)50-40)33-14-6-8-16-36(33)47-37/h1-24H. The Bertz CT molecular complexity index is 3330. The Kier molecular flexibility index (Phi) is 4.94. The van der Waals surface area contributed by atoms with E-state index in [-0.39, 0.29) is 0 Å². The third kappa shape index (κ3) is 3.39. The van der Waals surface area contributed by atoms with E-state index in [0.717, 1.165) is 121 Å². The number of para-hydroxylation sites is 2. The lowest BCUT2D eigenvalue weighted by Crippen LogP contribution is -1.89. The molecule has 0 aliphatic rings. The Morgan fingerprint density at radius 2 is 0.840 bits per heavy atom. The van der Waals surface area contributed by atoms with Gasteiger partial charge >= 0.3 is 0 Å². The second-order valence-electron chi connectivity index (χ2n) is 13.1. The molecule has 0 fully saturated rings. The molecule has 0 bridgehead atoms. The van der Waals surface area contributed by atoms with Gasteiger partial charge in [-0.1, -0.05) is 91.0 Å². The molecule has 12 aromatic rings. The number of benzene rings is 8. The molecule has 0 saturated heterocycles. The van der Waals surface area contributed by atoms with Crippen LogP contribution in [0.4, 0.5) is 0 Å². The van der Waals surface area contributed by atoms with Crippen LogP contribution in [0.2, 0.25) is 0 Å². The first-order valence-electron chi connectivity index (χ1n) is 16.8. The van der Waals surface area contributed by atoms with Gasteiger partial charge in [0.1, 0.15) is 44.8 Å². The number of fused-ring (bicyclic) bond motifs is 14. The summed E-state index contributed by atoms with van der Waals surface area (Å²) < 4.78 is 26.0. The van der Waals surface area contributed by atoms with E-state index in [1.165, 1.54) is 0 Å². The van der Waals surface area contributed by atoms with E-state index >= 15 is 0 Å². The average Bonchev–Trinajstić information content (AvgIpc) is 3.94. The fourth-order valence-electron chi connectivity index (χ4n) is 8.33. The topological polar surface area (TPSA) is 52.6 Å². The van der Waals surface area contributed by atoms with Crippen LogP contribution in [0.1, 0.15) is 0 Å². The van der Waals surface area contributed by atoms with Crippen molar-refractivity contribution in [2.24, 2.45) is 0 Å². The van der Waals surface area contributed by atoms with Gasteiger partial charge in [-0.2, -0.15) is 0 Å². The highest BCUT2D eigenvalue weighted by molar-refractivity contribution is 6.25. The molecule has 0 aliphatic heterocycles. The van der Waals surface area contributed by atoms with Gasteiger partial charge in [0, 0.05) is 32.5 Å². The second-order valence-corrected chi connectivity index (χ2v) is 13.1. The van der Waals surface area contributed by atoms with E-state index in [0.29, 0.717) is 0 Å². The Morgan fingerprint density at radius 3 is 1.58 bits per heavy atom. The monoisotopic (exact) mass is 640 g/mol. The molecule has 12 rings (SSSR count). The molecule has 4 aromatic heterocycles. The first-order chi connectivity index (χ1) is 24.8. The minimum atomic E-state index is 0.818. The van der Waals surface area contributed by atoms with Crippen LogP contribution in [0.3, 0.4) is 0 Å². The van der Waals surface area contributed by atoms with E-state index in [9.17, 15) is 0 Å². The van der Waals surface area contributed by atoms with Crippen molar-refractivity contribution < 1.29 is 17.7 Å². The van der Waals surface area contributed by atoms with Gasteiger partial charge in [0.2, 0.25) is 0 Å². The van der Waals surface area contributed by atoms with Gasteiger partial charge in [-0.25, -0.2) is 0 Å². The Labute approximate surface area is 283 Å². The molecule has 0 amide bonds. The van der Waals surface area contributed by atoms with Crippen LogP contribution in [0, 0.1) is 0 Å². The van der Waals surface area contributed by atoms with Crippen LogP contribution in [0.5, 0.6) is 0 Å². The van der Waals surface area contributed by atoms with Gasteiger partial charge in [0.15, 0.2) is 0 Å². The van der Waals surface area contributed by atoms with Crippen molar-refractivity contribution in [2.75, 3.05) is 0 Å². The fourth-order valence-corrected chi connectivity index (χ4v) is 8.33. The lowest BCUT2D eigenvalue weighted by atomic mass is 9.87. The third-order valence-corrected chi connectivity index (χ3v) is 10.5. The van der Waals surface area contributed by atoms with E-state index in [1.54, 1.807) is 0 Å². The van der Waals surface area contributed by atoms with Gasteiger partial charge < -0.3 is 17.7 Å². The molecule has 4 heterocycles. The summed E-state index contributed by atoms with van der Waals surface area (Å²) in [6, 6.07) is 50.7. The van der Waals surface area contributed by atoms with E-state index in [2.05, 4.69) is 109 Å². The second kappa shape index (κ2) is 9.43. The van der Waals surface area contributed by atoms with Crippen LogP contribution in [0.25, 0.3) is 121 Å². The van der Waals surface area contributed by atoms with Gasteiger partial charge in [0.25, 0.3) is 0 Å². The van der Waals surface area contributed by atoms with Crippen molar-refractivity contribution in [3.05, 3.63) is 146 Å². The highest BCUT2D eigenvalue weighted by Crippen LogP contribution is 2.47. The molecule has 50 heavy (non-hydrogen) atoms. The molecular weight excluding hydrogens is 617 g/mol. The first-order valence-corrected chi connectivity index (χ1v) is 16.8. The van der Waals surface area contributed by atoms with Gasteiger partial charge in [-0.15, -0.1) is 0 Å². The summed E-state index contributed by atoms with van der Waals surface area (Å²) in [7, 11) is 0. The zero-order valence-corrected chi connectivity index (χ0v) is 26.5. The minimum Gasteiger partial charge on any atom is -0.456 e. The lowest BCUT2D eigenvalue weighted by molar-refractivity contribution is 0.635. The van der Waals surface area contributed by atoms with Crippen LogP contribution in [-0.4, -0.2) is 0 Å². The van der Waals surface area contributed by atoms with Crippen molar-refractivity contribution in [1.29, 1.82) is 0 Å². The SMILES string of the molecule is c1ccc2c(c1)oc1c2ccc2oc3cc(-c4c5ccccc5c(-c5cc6ccc7oc8ccccc8c7c6o5)c5ccccc45)ccc3c21. The molecule has 0 aliphatic carbocycles. The number of furan rings is 4. The quantitative estimate of drug-likeness (QED) is 0.176. The highest BCUT2D eigenvalue weighted by Gasteiger charge is 2.22. The summed E-state index contributed by atoms with van der Waals surface area (Å²) >= 11 is 0. The number of rotatable bonds is 2. The van der Waals surface area contributed by atoms with Crippen LogP contribution >= 0.6 is 0 Å². The molecule has 4 nitrogen and oxygen atoms in total. The number of hydrogen-bond donors (Lipinski definition) is 0. The summed E-state index contributed by atoms with van der Waals surface area (Å²) in [5, 5.41) is 11.9. The third-order valence-electron chi connectivity index (χ3n) is 10.5. The lowest BCUT2D eigenvalue weighted by Gasteiger charge is -2.16. The van der Waals surface area contributed by atoms with E-state index < -0.39 is 0 Å². The van der Waals surface area contributed by atoms with Crippen LogP contribution < -0.4 is 0 Å². The zero-order valence-electron chi connectivity index (χ0n) is 26.5. The Balaban J connectivity index is 1.12. The van der Waals surface area contributed by atoms with E-state index in [1.807, 2.05) is 36.4 Å². The van der Waals surface area contributed by atoms with Crippen molar-refractivity contribution in [2.45, 2.75) is 0 Å². The maximum absolute atomic E-state index is 6.86. The Hall–Kier alpha value is -6.78. The predicted octanol–water partition coefficient (Wildman–Crippen LogP) is 13.8. The maximum atomic E-state index is 6.86.